The fourth-order valence-corrected chi connectivity index (χ4v) is 7.07. The van der Waals surface area contributed by atoms with Crippen LogP contribution in [0, 0.1) is 5.41 Å². The average Bonchev–Trinajstić information content (AvgIpc) is 3.15. The van der Waals surface area contributed by atoms with Crippen LogP contribution in [0.5, 0.6) is 0 Å². The van der Waals surface area contributed by atoms with E-state index in [1.165, 1.54) is 15.3 Å². The van der Waals surface area contributed by atoms with Crippen LogP contribution in [0.2, 0.25) is 0 Å². The van der Waals surface area contributed by atoms with Gasteiger partial charge in [0.1, 0.15) is 7.11 Å². The molecule has 0 N–H and O–H groups in total. The number of nitrogens with zero attached hydrogens (tertiary/aromatic N) is 1. The minimum absolute atomic E-state index is 0.0390. The predicted molar refractivity (Wildman–Crippen MR) is 122 cm³/mol. The zero-order valence-corrected chi connectivity index (χ0v) is 18.8. The van der Waals surface area contributed by atoms with Gasteiger partial charge in [0, 0.05) is 10.4 Å². The van der Waals surface area contributed by atoms with Crippen LogP contribution in [-0.4, -0.2) is 22.4 Å². The van der Waals surface area contributed by atoms with Crippen LogP contribution in [0.25, 0.3) is 0 Å². The lowest BCUT2D eigenvalue weighted by molar-refractivity contribution is 0.0928. The van der Waals surface area contributed by atoms with Gasteiger partial charge >= 0.3 is 0 Å². The Morgan fingerprint density at radius 1 is 0.929 bits per heavy atom. The molecule has 1 unspecified atom stereocenters. The summed E-state index contributed by atoms with van der Waals surface area (Å²) < 4.78 is 7.00. The van der Waals surface area contributed by atoms with E-state index in [2.05, 4.69) is 98.0 Å². The number of hydrogen-bond donors (Lipinski definition) is 0. The van der Waals surface area contributed by atoms with E-state index < -0.39 is 9.04 Å². The molecule has 3 nitrogen and oxygen atoms in total. The molecule has 2 aromatic carbocycles. The summed E-state index contributed by atoms with van der Waals surface area (Å²) in [6.07, 6.45) is 1.73. The first-order valence-corrected chi connectivity index (χ1v) is 11.9. The molecule has 28 heavy (non-hydrogen) atoms. The lowest BCUT2D eigenvalue weighted by Gasteiger charge is -2.34. The van der Waals surface area contributed by atoms with Gasteiger partial charge in [-0.25, -0.2) is 0 Å². The van der Waals surface area contributed by atoms with Crippen molar-refractivity contribution in [2.24, 2.45) is 10.6 Å². The number of rotatable bonds is 7. The summed E-state index contributed by atoms with van der Waals surface area (Å²) in [6.45, 7) is 6.70. The van der Waals surface area contributed by atoms with E-state index in [1.54, 1.807) is 24.7 Å². The van der Waals surface area contributed by atoms with Crippen molar-refractivity contribution in [1.82, 2.24) is 0 Å². The Morgan fingerprint density at radius 2 is 1.50 bits per heavy atom. The molecule has 3 rings (SSSR count). The van der Waals surface area contributed by atoms with Crippen molar-refractivity contribution in [3.8, 4) is 0 Å². The number of oxime groups is 1. The second-order valence-corrected chi connectivity index (χ2v) is 11.1. The molecule has 0 bridgehead atoms. The fourth-order valence-electron chi connectivity index (χ4n) is 3.16. The van der Waals surface area contributed by atoms with Gasteiger partial charge in [-0.1, -0.05) is 86.6 Å². The van der Waals surface area contributed by atoms with Crippen molar-refractivity contribution in [2.75, 3.05) is 7.11 Å². The third-order valence-corrected chi connectivity index (χ3v) is 8.03. The number of thiophene rings is 1. The van der Waals surface area contributed by atoms with Crippen LogP contribution in [0.1, 0.15) is 37.3 Å². The van der Waals surface area contributed by atoms with Crippen LogP contribution in [0.15, 0.2) is 77.3 Å². The number of hydrogen-bond acceptors (Lipinski definition) is 4. The topological polar surface area (TPSA) is 30.8 Å². The average molecular weight is 410 g/mol. The highest BCUT2D eigenvalue weighted by molar-refractivity contribution is 7.10. The summed E-state index contributed by atoms with van der Waals surface area (Å²) in [4.78, 5) is 6.09. The van der Waals surface area contributed by atoms with Gasteiger partial charge in [0.2, 0.25) is 9.04 Å². The maximum atomic E-state index is 7.00. The lowest BCUT2D eigenvalue weighted by Crippen LogP contribution is -2.47. The van der Waals surface area contributed by atoms with Crippen molar-refractivity contribution in [1.29, 1.82) is 0 Å². The molecule has 3 aromatic rings. The highest BCUT2D eigenvalue weighted by atomic mass is 32.1. The summed E-state index contributed by atoms with van der Waals surface area (Å²) in [7, 11) is -0.306. The summed E-state index contributed by atoms with van der Waals surface area (Å²) in [6, 6.07) is 23.3. The van der Waals surface area contributed by atoms with Crippen molar-refractivity contribution >= 4 is 37.0 Å². The van der Waals surface area contributed by atoms with Gasteiger partial charge in [-0.3, -0.25) is 0 Å². The van der Waals surface area contributed by atoms with E-state index in [1.807, 2.05) is 0 Å². The molecule has 5 heteroatoms. The summed E-state index contributed by atoms with van der Waals surface area (Å²) in [5, 5.41) is 8.63. The highest BCUT2D eigenvalue weighted by Crippen LogP contribution is 2.40. The summed E-state index contributed by atoms with van der Waals surface area (Å²) in [5.74, 6) is 0. The van der Waals surface area contributed by atoms with Gasteiger partial charge in [0.15, 0.2) is 0 Å². The molecule has 0 amide bonds. The molecule has 0 aliphatic carbocycles. The fraction of sp³-hybridized carbons (Fsp3) is 0.261. The van der Waals surface area contributed by atoms with Gasteiger partial charge in [0.25, 0.3) is 0 Å². The first-order valence-electron chi connectivity index (χ1n) is 9.40. The van der Waals surface area contributed by atoms with Gasteiger partial charge in [-0.2, -0.15) is 0 Å². The zero-order chi connectivity index (χ0) is 20.0. The van der Waals surface area contributed by atoms with Crippen molar-refractivity contribution in [3.63, 3.8) is 0 Å². The Kier molecular flexibility index (Phi) is 6.83. The molecular weight excluding hydrogens is 382 g/mol. The summed E-state index contributed by atoms with van der Waals surface area (Å²) in [5.41, 5.74) is 0.996. The molecular formula is C23H27NO2SSi. The molecule has 0 fully saturated rings. The minimum atomic E-state index is -1.87. The van der Waals surface area contributed by atoms with Crippen molar-refractivity contribution < 1.29 is 9.26 Å². The minimum Gasteiger partial charge on any atom is -0.403 e. The molecule has 0 saturated carbocycles. The smallest absolute Gasteiger partial charge is 0.240 e. The highest BCUT2D eigenvalue weighted by Gasteiger charge is 2.33. The van der Waals surface area contributed by atoms with E-state index in [0.29, 0.717) is 0 Å². The third kappa shape index (κ3) is 4.98. The molecule has 0 radical (unpaired) electrons. The van der Waals surface area contributed by atoms with Crippen LogP contribution >= 0.6 is 11.3 Å². The molecule has 1 aromatic heterocycles. The Morgan fingerprint density at radius 3 is 2.00 bits per heavy atom. The van der Waals surface area contributed by atoms with Gasteiger partial charge < -0.3 is 9.26 Å². The quantitative estimate of drug-likeness (QED) is 0.330. The molecule has 0 aliphatic rings. The molecule has 0 aliphatic heterocycles. The Balaban J connectivity index is 2.03. The maximum Gasteiger partial charge on any atom is 0.240 e. The van der Waals surface area contributed by atoms with E-state index >= 15 is 0 Å². The maximum absolute atomic E-state index is 7.00. The van der Waals surface area contributed by atoms with Gasteiger partial charge in [-0.15, -0.1) is 11.3 Å². The molecule has 146 valence electrons. The van der Waals surface area contributed by atoms with Gasteiger partial charge in [0.05, 0.1) is 12.3 Å². The van der Waals surface area contributed by atoms with E-state index in [9.17, 15) is 0 Å². The largest absolute Gasteiger partial charge is 0.403 e. The van der Waals surface area contributed by atoms with Crippen LogP contribution in [0.3, 0.4) is 0 Å². The number of benzene rings is 2. The Hall–Kier alpha value is -2.21. The molecule has 1 atom stereocenters. The Labute approximate surface area is 173 Å². The zero-order valence-electron chi connectivity index (χ0n) is 16.8. The Bertz CT molecular complexity index is 848. The monoisotopic (exact) mass is 409 g/mol. The first-order chi connectivity index (χ1) is 13.5. The predicted octanol–water partition coefficient (Wildman–Crippen LogP) is 4.37. The second-order valence-electron chi connectivity index (χ2n) is 7.74. The first kappa shape index (κ1) is 20.5. The van der Waals surface area contributed by atoms with Gasteiger partial charge in [-0.05, 0) is 27.2 Å². The summed E-state index contributed by atoms with van der Waals surface area (Å²) >= 11 is 1.72. The third-order valence-electron chi connectivity index (χ3n) is 4.53. The van der Waals surface area contributed by atoms with E-state index in [0.717, 1.165) is 5.56 Å². The van der Waals surface area contributed by atoms with E-state index in [-0.39, 0.29) is 11.5 Å². The second kappa shape index (κ2) is 9.32. The molecule has 0 spiro atoms. The van der Waals surface area contributed by atoms with Crippen LogP contribution in [-0.2, 0) is 9.26 Å². The lowest BCUT2D eigenvalue weighted by atomic mass is 9.87. The SMILES string of the molecule is CON=Cc1ccsc1C(O[SiH](c1ccccc1)c1ccccc1)C(C)(C)C. The van der Waals surface area contributed by atoms with Crippen LogP contribution < -0.4 is 10.4 Å². The molecule has 0 saturated heterocycles. The van der Waals surface area contributed by atoms with Crippen LogP contribution in [0.4, 0.5) is 0 Å². The van der Waals surface area contributed by atoms with E-state index in [4.69, 9.17) is 9.26 Å². The standard InChI is InChI=1S/C23H27NO2SSi/c1-23(2,3)22(21-18(15-16-27-21)17-24-25-4)26-28(19-11-7-5-8-12-19)20-13-9-6-10-14-20/h5-17,22,28H,1-4H3. The normalized spacial score (nSPS) is 13.2. The van der Waals surface area contributed by atoms with Crippen molar-refractivity contribution in [3.05, 3.63) is 82.6 Å². The van der Waals surface area contributed by atoms with Crippen molar-refractivity contribution in [2.45, 2.75) is 26.9 Å². The molecule has 1 heterocycles.